The fourth-order valence-electron chi connectivity index (χ4n) is 2.55. The first-order chi connectivity index (χ1) is 8.67. The Bertz CT molecular complexity index is 150. The summed E-state index contributed by atoms with van der Waals surface area (Å²) >= 11 is 1.38. The second kappa shape index (κ2) is 12.5. The highest BCUT2D eigenvalue weighted by atomic mass is 27.0. The van der Waals surface area contributed by atoms with Crippen LogP contribution in [0.4, 0.5) is 0 Å². The minimum atomic E-state index is 1.04. The van der Waals surface area contributed by atoms with Crippen molar-refractivity contribution in [2.75, 3.05) is 39.3 Å². The molecule has 0 aliphatic carbocycles. The van der Waals surface area contributed by atoms with Gasteiger partial charge >= 0.3 is 0 Å². The van der Waals surface area contributed by atoms with Gasteiger partial charge in [0.2, 0.25) is 16.3 Å². The van der Waals surface area contributed by atoms with E-state index < -0.39 is 0 Å². The van der Waals surface area contributed by atoms with E-state index in [1.54, 1.807) is 0 Å². The predicted molar refractivity (Wildman–Crippen MR) is 86.3 cm³/mol. The molecule has 0 radical (unpaired) electrons. The molecule has 18 heavy (non-hydrogen) atoms. The first kappa shape index (κ1) is 18.5. The molecule has 0 N–H and O–H groups in total. The highest BCUT2D eigenvalue weighted by Crippen LogP contribution is 2.16. The second-order valence-corrected chi connectivity index (χ2v) is 7.08. The summed E-state index contributed by atoms with van der Waals surface area (Å²) in [6.45, 7) is 16.5. The number of nitrogens with zero attached hydrogens (tertiary/aromatic N) is 2. The van der Waals surface area contributed by atoms with Crippen LogP contribution >= 0.6 is 0 Å². The quantitative estimate of drug-likeness (QED) is 0.503. The normalized spacial score (nSPS) is 11.9. The van der Waals surface area contributed by atoms with Crippen molar-refractivity contribution in [3.05, 3.63) is 0 Å². The maximum Gasteiger partial charge on any atom is 0.216 e. The lowest BCUT2D eigenvalue weighted by atomic mass is 10.1. The fraction of sp³-hybridized carbons (Fsp3) is 1.00. The largest absolute Gasteiger partial charge is 0.304 e. The molecular weight excluding hydrogens is 235 g/mol. The van der Waals surface area contributed by atoms with E-state index in [0.29, 0.717) is 0 Å². The summed E-state index contributed by atoms with van der Waals surface area (Å²) < 4.78 is 1.04. The van der Waals surface area contributed by atoms with Gasteiger partial charge in [0.1, 0.15) is 0 Å². The third kappa shape index (κ3) is 9.39. The molecule has 0 heterocycles. The average Bonchev–Trinajstić information content (AvgIpc) is 2.40. The van der Waals surface area contributed by atoms with Crippen molar-refractivity contribution in [2.45, 2.75) is 58.2 Å². The average molecular weight is 270 g/mol. The van der Waals surface area contributed by atoms with E-state index in [4.69, 9.17) is 0 Å². The van der Waals surface area contributed by atoms with Crippen LogP contribution in [0.15, 0.2) is 0 Å². The molecule has 0 rings (SSSR count). The lowest BCUT2D eigenvalue weighted by molar-refractivity contribution is 0.287. The van der Waals surface area contributed by atoms with Crippen LogP contribution in [-0.4, -0.2) is 65.4 Å². The Labute approximate surface area is 124 Å². The highest BCUT2D eigenvalue weighted by molar-refractivity contribution is 6.11. The molecule has 0 aromatic carbocycles. The van der Waals surface area contributed by atoms with Gasteiger partial charge in [0.05, 0.1) is 0 Å². The molecule has 0 aromatic heterocycles. The number of rotatable bonds is 12. The molecule has 0 fully saturated rings. The first-order valence-corrected chi connectivity index (χ1v) is 9.27. The Morgan fingerprint density at radius 1 is 0.722 bits per heavy atom. The zero-order valence-corrected chi connectivity index (χ0v) is 15.5. The van der Waals surface area contributed by atoms with Crippen molar-refractivity contribution in [3.8, 4) is 0 Å². The van der Waals surface area contributed by atoms with Gasteiger partial charge in [-0.25, -0.2) is 0 Å². The minimum absolute atomic E-state index is 1.04. The molecule has 0 spiro atoms. The van der Waals surface area contributed by atoms with Gasteiger partial charge in [0.25, 0.3) is 0 Å². The van der Waals surface area contributed by atoms with Crippen molar-refractivity contribution < 1.29 is 0 Å². The summed E-state index contributed by atoms with van der Waals surface area (Å²) in [6.07, 6.45) is 5.73. The third-order valence-corrected chi connectivity index (χ3v) is 5.29. The highest BCUT2D eigenvalue weighted by Gasteiger charge is 2.05. The van der Waals surface area contributed by atoms with Gasteiger partial charge in [-0.1, -0.05) is 45.3 Å². The lowest BCUT2D eigenvalue weighted by Gasteiger charge is -2.21. The Hall–Kier alpha value is 0.452. The topological polar surface area (TPSA) is 6.48 Å². The molecule has 0 aliphatic heterocycles. The maximum absolute atomic E-state index is 2.55. The van der Waals surface area contributed by atoms with E-state index in [-0.39, 0.29) is 0 Å². The summed E-state index contributed by atoms with van der Waals surface area (Å²) in [5.74, 6) is 0. The standard InChI is InChI=1S/C15H33N2.Al.2H/c1-5-16(6-2)14-12-10-9-11-13-15-17(7-3)8-4;;;/h9H,5-8,10-15H2,1-4H3;;;. The van der Waals surface area contributed by atoms with Crippen LogP contribution in [0.3, 0.4) is 0 Å². The molecule has 0 aliphatic rings. The predicted octanol–water partition coefficient (Wildman–Crippen LogP) is 2.65. The van der Waals surface area contributed by atoms with Gasteiger partial charge in [-0.05, 0) is 52.1 Å². The second-order valence-electron chi connectivity index (χ2n) is 5.44. The zero-order valence-electron chi connectivity index (χ0n) is 13.5. The third-order valence-electron chi connectivity index (χ3n) is 4.13. The molecule has 0 saturated carbocycles. The molecule has 0 bridgehead atoms. The summed E-state index contributed by atoms with van der Waals surface area (Å²) in [4.78, 5) is 5.09. The molecule has 2 nitrogen and oxygen atoms in total. The number of hydrogen-bond acceptors (Lipinski definition) is 2. The van der Waals surface area contributed by atoms with Crippen LogP contribution in [0.5, 0.6) is 0 Å². The Morgan fingerprint density at radius 3 is 1.33 bits per heavy atom. The lowest BCUT2D eigenvalue weighted by Crippen LogP contribution is -2.25. The molecule has 0 amide bonds. The van der Waals surface area contributed by atoms with Crippen molar-refractivity contribution in [2.24, 2.45) is 0 Å². The van der Waals surface area contributed by atoms with E-state index >= 15 is 0 Å². The van der Waals surface area contributed by atoms with Gasteiger partial charge in [0.15, 0.2) is 0 Å². The van der Waals surface area contributed by atoms with E-state index in [2.05, 4.69) is 37.5 Å². The van der Waals surface area contributed by atoms with Crippen LogP contribution < -0.4 is 0 Å². The van der Waals surface area contributed by atoms with E-state index in [1.165, 1.54) is 81.2 Å². The molecule has 0 unspecified atom stereocenters. The van der Waals surface area contributed by atoms with Crippen LogP contribution in [0.1, 0.15) is 53.4 Å². The summed E-state index contributed by atoms with van der Waals surface area (Å²) in [6, 6.07) is 0. The Balaban J connectivity index is 3.50. The van der Waals surface area contributed by atoms with Gasteiger partial charge in [-0.15, -0.1) is 0 Å². The first-order valence-electron chi connectivity index (χ1n) is 8.12. The van der Waals surface area contributed by atoms with E-state index in [0.717, 1.165) is 4.78 Å². The Morgan fingerprint density at radius 2 is 1.06 bits per heavy atom. The SMILES string of the molecule is CCN(CC)CCC[CH]([AlH2])CCCN(CC)CC. The summed E-state index contributed by atoms with van der Waals surface area (Å²) in [5, 5.41) is 0. The van der Waals surface area contributed by atoms with Gasteiger partial charge in [-0.2, -0.15) is 0 Å². The van der Waals surface area contributed by atoms with Crippen molar-refractivity contribution >= 4 is 16.3 Å². The Kier molecular flexibility index (Phi) is 12.8. The van der Waals surface area contributed by atoms with Crippen LogP contribution in [-0.2, 0) is 0 Å². The molecule has 0 atom stereocenters. The minimum Gasteiger partial charge on any atom is -0.304 e. The molecule has 0 aromatic rings. The van der Waals surface area contributed by atoms with Gasteiger partial charge in [0, 0.05) is 0 Å². The molecule has 0 saturated heterocycles. The molecule has 108 valence electrons. The van der Waals surface area contributed by atoms with Crippen molar-refractivity contribution in [1.29, 1.82) is 0 Å². The van der Waals surface area contributed by atoms with E-state index in [1.807, 2.05) is 0 Å². The smallest absolute Gasteiger partial charge is 0.216 e. The summed E-state index contributed by atoms with van der Waals surface area (Å²) in [7, 11) is 0. The van der Waals surface area contributed by atoms with Crippen molar-refractivity contribution in [3.63, 3.8) is 0 Å². The van der Waals surface area contributed by atoms with Crippen LogP contribution in [0.2, 0.25) is 4.78 Å². The summed E-state index contributed by atoms with van der Waals surface area (Å²) in [5.41, 5.74) is 0. The van der Waals surface area contributed by atoms with Gasteiger partial charge < -0.3 is 9.80 Å². The maximum atomic E-state index is 2.55. The number of hydrogen-bond donors (Lipinski definition) is 0. The van der Waals surface area contributed by atoms with Gasteiger partial charge in [-0.3, -0.25) is 0 Å². The van der Waals surface area contributed by atoms with Crippen molar-refractivity contribution in [1.82, 2.24) is 9.80 Å². The van der Waals surface area contributed by atoms with Crippen LogP contribution in [0.25, 0.3) is 0 Å². The van der Waals surface area contributed by atoms with Crippen LogP contribution in [0, 0.1) is 0 Å². The van der Waals surface area contributed by atoms with E-state index in [9.17, 15) is 0 Å². The monoisotopic (exact) mass is 270 g/mol. The molecular formula is C15H35AlN2. The molecule has 3 heteroatoms. The fourth-order valence-corrected chi connectivity index (χ4v) is 3.37. The zero-order chi connectivity index (χ0) is 13.8.